The summed E-state index contributed by atoms with van der Waals surface area (Å²) in [4.78, 5) is 18.1. The second-order valence-corrected chi connectivity index (χ2v) is 10.4. The SMILES string of the molecule is CON(C)C(=O)[C@H]1CC[C@H]2[C@@H]3CCC4C[C@](C)(O)CC[C@@H]4[C@H]3CC[C@]12C. The number of hydrogen-bond donors (Lipinski definition) is 1. The standard InChI is InChI=1S/C22H37NO3/c1-21(25)11-9-15-14(13-21)5-6-17-16(15)10-12-22(2)18(17)7-8-19(22)20(24)23(3)26-4/h14-19,25H,5-13H2,1-4H3/t14?,15-,16+,17+,18-,19+,21+,22-/m0/s1. The molecule has 1 unspecified atom stereocenters. The van der Waals surface area contributed by atoms with E-state index in [0.717, 1.165) is 42.9 Å². The van der Waals surface area contributed by atoms with Gasteiger partial charge in [-0.05, 0) is 99.7 Å². The van der Waals surface area contributed by atoms with Crippen LogP contribution in [0.25, 0.3) is 0 Å². The molecule has 0 aliphatic heterocycles. The molecular formula is C22H37NO3. The summed E-state index contributed by atoms with van der Waals surface area (Å²) in [6.45, 7) is 4.43. The summed E-state index contributed by atoms with van der Waals surface area (Å²) in [5.74, 6) is 4.17. The largest absolute Gasteiger partial charge is 0.390 e. The Bertz CT molecular complexity index is 562. The van der Waals surface area contributed by atoms with E-state index in [0.29, 0.717) is 5.92 Å². The molecule has 148 valence electrons. The summed E-state index contributed by atoms with van der Waals surface area (Å²) in [6.07, 6.45) is 10.5. The topological polar surface area (TPSA) is 49.8 Å². The van der Waals surface area contributed by atoms with Crippen LogP contribution in [-0.4, -0.2) is 35.8 Å². The van der Waals surface area contributed by atoms with Crippen LogP contribution < -0.4 is 0 Å². The maximum Gasteiger partial charge on any atom is 0.249 e. The van der Waals surface area contributed by atoms with Crippen LogP contribution >= 0.6 is 0 Å². The van der Waals surface area contributed by atoms with Crippen molar-refractivity contribution < 1.29 is 14.7 Å². The van der Waals surface area contributed by atoms with Gasteiger partial charge in [0.05, 0.1) is 12.7 Å². The molecule has 0 aromatic carbocycles. The molecule has 4 fully saturated rings. The van der Waals surface area contributed by atoms with Crippen molar-refractivity contribution in [1.29, 1.82) is 0 Å². The first-order valence-corrected chi connectivity index (χ1v) is 10.8. The number of amides is 1. The van der Waals surface area contributed by atoms with Crippen LogP contribution in [0.4, 0.5) is 0 Å². The van der Waals surface area contributed by atoms with Crippen LogP contribution in [0, 0.1) is 40.9 Å². The second kappa shape index (κ2) is 6.48. The normalized spacial score (nSPS) is 50.5. The van der Waals surface area contributed by atoms with Gasteiger partial charge in [-0.1, -0.05) is 6.92 Å². The summed E-state index contributed by atoms with van der Waals surface area (Å²) in [7, 11) is 3.34. The first kappa shape index (κ1) is 18.7. The zero-order chi connectivity index (χ0) is 18.7. The first-order valence-electron chi connectivity index (χ1n) is 10.8. The highest BCUT2D eigenvalue weighted by molar-refractivity contribution is 5.79. The summed E-state index contributed by atoms with van der Waals surface area (Å²) >= 11 is 0. The molecule has 0 aromatic heterocycles. The summed E-state index contributed by atoms with van der Waals surface area (Å²) < 4.78 is 0. The van der Waals surface area contributed by atoms with Gasteiger partial charge >= 0.3 is 0 Å². The molecule has 0 spiro atoms. The first-order chi connectivity index (χ1) is 12.3. The Balaban J connectivity index is 1.52. The number of carbonyl (C=O) groups is 1. The van der Waals surface area contributed by atoms with Crippen molar-refractivity contribution in [2.45, 2.75) is 77.2 Å². The van der Waals surface area contributed by atoms with E-state index in [1.807, 2.05) is 6.92 Å². The van der Waals surface area contributed by atoms with Crippen molar-refractivity contribution in [3.63, 3.8) is 0 Å². The lowest BCUT2D eigenvalue weighted by Gasteiger charge is -2.56. The van der Waals surface area contributed by atoms with Crippen LogP contribution in [0.3, 0.4) is 0 Å². The zero-order valence-electron chi connectivity index (χ0n) is 17.0. The predicted octanol–water partition coefficient (Wildman–Crippen LogP) is 4.03. The lowest BCUT2D eigenvalue weighted by Crippen LogP contribution is -2.51. The zero-order valence-corrected chi connectivity index (χ0v) is 17.0. The highest BCUT2D eigenvalue weighted by atomic mass is 16.7. The summed E-state index contributed by atoms with van der Waals surface area (Å²) in [5, 5.41) is 12.0. The number of hydrogen-bond acceptors (Lipinski definition) is 3. The maximum atomic E-state index is 12.9. The van der Waals surface area contributed by atoms with Crippen LogP contribution in [0.1, 0.15) is 71.6 Å². The van der Waals surface area contributed by atoms with Crippen LogP contribution in [0.2, 0.25) is 0 Å². The average molecular weight is 364 g/mol. The van der Waals surface area contributed by atoms with Gasteiger partial charge in [0.25, 0.3) is 0 Å². The predicted molar refractivity (Wildman–Crippen MR) is 101 cm³/mol. The van der Waals surface area contributed by atoms with Crippen molar-refractivity contribution in [2.24, 2.45) is 40.9 Å². The molecule has 1 amide bonds. The van der Waals surface area contributed by atoms with Crippen molar-refractivity contribution in [3.8, 4) is 0 Å². The fourth-order valence-corrected chi connectivity index (χ4v) is 7.80. The number of hydroxylamine groups is 2. The number of carbonyl (C=O) groups excluding carboxylic acids is 1. The van der Waals surface area contributed by atoms with Crippen molar-refractivity contribution in [2.75, 3.05) is 14.2 Å². The molecule has 8 atom stereocenters. The minimum Gasteiger partial charge on any atom is -0.390 e. The van der Waals surface area contributed by atoms with Gasteiger partial charge in [-0.25, -0.2) is 5.06 Å². The third-order valence-corrected chi connectivity index (χ3v) is 9.12. The summed E-state index contributed by atoms with van der Waals surface area (Å²) in [6, 6.07) is 0. The average Bonchev–Trinajstić information content (AvgIpc) is 2.96. The van der Waals surface area contributed by atoms with E-state index in [-0.39, 0.29) is 17.2 Å². The van der Waals surface area contributed by atoms with E-state index in [4.69, 9.17) is 4.84 Å². The van der Waals surface area contributed by atoms with E-state index < -0.39 is 5.60 Å². The fourth-order valence-electron chi connectivity index (χ4n) is 7.80. The van der Waals surface area contributed by atoms with Crippen LogP contribution in [0.5, 0.6) is 0 Å². The molecule has 0 radical (unpaired) electrons. The van der Waals surface area contributed by atoms with Gasteiger partial charge < -0.3 is 5.11 Å². The molecule has 0 bridgehead atoms. The van der Waals surface area contributed by atoms with Gasteiger partial charge in [-0.15, -0.1) is 0 Å². The van der Waals surface area contributed by atoms with Crippen molar-refractivity contribution >= 4 is 5.91 Å². The Morgan fingerprint density at radius 2 is 1.73 bits per heavy atom. The van der Waals surface area contributed by atoms with Gasteiger partial charge in [0.1, 0.15) is 0 Å². The van der Waals surface area contributed by atoms with E-state index in [1.165, 1.54) is 43.6 Å². The molecule has 4 aliphatic rings. The van der Waals surface area contributed by atoms with Crippen LogP contribution in [-0.2, 0) is 9.63 Å². The van der Waals surface area contributed by atoms with Gasteiger partial charge in [0.15, 0.2) is 0 Å². The van der Waals surface area contributed by atoms with Crippen molar-refractivity contribution in [3.05, 3.63) is 0 Å². The molecule has 0 aromatic rings. The van der Waals surface area contributed by atoms with E-state index in [9.17, 15) is 9.90 Å². The highest BCUT2D eigenvalue weighted by Gasteiger charge is 2.59. The number of nitrogens with zero attached hydrogens (tertiary/aromatic N) is 1. The Hall–Kier alpha value is -0.610. The quantitative estimate of drug-likeness (QED) is 0.754. The van der Waals surface area contributed by atoms with Gasteiger partial charge in [0.2, 0.25) is 5.91 Å². The number of fused-ring (bicyclic) bond motifs is 5. The number of rotatable bonds is 2. The third kappa shape index (κ3) is 2.83. The Labute approximate surface area is 158 Å². The lowest BCUT2D eigenvalue weighted by atomic mass is 9.49. The monoisotopic (exact) mass is 363 g/mol. The van der Waals surface area contributed by atoms with Gasteiger partial charge in [0, 0.05) is 13.0 Å². The molecule has 4 rings (SSSR count). The third-order valence-electron chi connectivity index (χ3n) is 9.12. The molecule has 4 nitrogen and oxygen atoms in total. The Morgan fingerprint density at radius 1 is 1.00 bits per heavy atom. The molecular weight excluding hydrogens is 326 g/mol. The van der Waals surface area contributed by atoms with Gasteiger partial charge in [-0.2, -0.15) is 0 Å². The molecule has 4 heteroatoms. The van der Waals surface area contributed by atoms with E-state index >= 15 is 0 Å². The second-order valence-electron chi connectivity index (χ2n) is 10.4. The van der Waals surface area contributed by atoms with Gasteiger partial charge in [-0.3, -0.25) is 9.63 Å². The van der Waals surface area contributed by atoms with Crippen LogP contribution in [0.15, 0.2) is 0 Å². The van der Waals surface area contributed by atoms with E-state index in [1.54, 1.807) is 14.2 Å². The summed E-state index contributed by atoms with van der Waals surface area (Å²) in [5.41, 5.74) is -0.287. The maximum absolute atomic E-state index is 12.9. The Morgan fingerprint density at radius 3 is 2.46 bits per heavy atom. The molecule has 4 aliphatic carbocycles. The lowest BCUT2D eigenvalue weighted by molar-refractivity contribution is -0.180. The minimum absolute atomic E-state index is 0.128. The number of aliphatic hydroxyl groups is 1. The Kier molecular flexibility index (Phi) is 4.67. The molecule has 1 N–H and O–H groups in total. The molecule has 0 heterocycles. The molecule has 4 saturated carbocycles. The molecule has 26 heavy (non-hydrogen) atoms. The van der Waals surface area contributed by atoms with E-state index in [2.05, 4.69) is 6.92 Å². The smallest absolute Gasteiger partial charge is 0.249 e. The minimum atomic E-state index is -0.438. The molecule has 0 saturated heterocycles. The van der Waals surface area contributed by atoms with Crippen molar-refractivity contribution in [1.82, 2.24) is 5.06 Å². The fraction of sp³-hybridized carbons (Fsp3) is 0.955. The highest BCUT2D eigenvalue weighted by Crippen LogP contribution is 2.64.